The van der Waals surface area contributed by atoms with Gasteiger partial charge in [-0.25, -0.2) is 9.18 Å². The monoisotopic (exact) mass is 285 g/mol. The van der Waals surface area contributed by atoms with Crippen LogP contribution in [0.15, 0.2) is 0 Å². The smallest absolute Gasteiger partial charge is 0.372 e. The number of aliphatic hydroxyl groups is 3. The van der Waals surface area contributed by atoms with Crippen LogP contribution in [0.5, 0.6) is 0 Å². The second-order valence-electron chi connectivity index (χ2n) is 4.61. The van der Waals surface area contributed by atoms with Gasteiger partial charge in [-0.15, -0.1) is 0 Å². The summed E-state index contributed by atoms with van der Waals surface area (Å²) in [5, 5.41) is 36.3. The van der Waals surface area contributed by atoms with Crippen LogP contribution in [0, 0.1) is 5.92 Å². The molecule has 7 atom stereocenters. The fourth-order valence-electron chi connectivity index (χ4n) is 1.98. The molecule has 9 heteroatoms. The topological polar surface area (TPSA) is 133 Å². The van der Waals surface area contributed by atoms with Gasteiger partial charge in [-0.2, -0.15) is 4.39 Å². The highest BCUT2D eigenvalue weighted by Crippen LogP contribution is 2.37. The summed E-state index contributed by atoms with van der Waals surface area (Å²) < 4.78 is 32.1. The maximum absolute atomic E-state index is 14.0. The number of carboxylic acids is 1. The molecule has 0 amide bonds. The van der Waals surface area contributed by atoms with Crippen LogP contribution in [0.2, 0.25) is 0 Å². The molecule has 112 valence electrons. The van der Waals surface area contributed by atoms with Gasteiger partial charge in [0.15, 0.2) is 6.17 Å². The lowest BCUT2D eigenvalue weighted by Gasteiger charge is -2.44. The maximum atomic E-state index is 14.0. The number of halogens is 2. The van der Waals surface area contributed by atoms with Gasteiger partial charge < -0.3 is 30.9 Å². The molecule has 19 heavy (non-hydrogen) atoms. The van der Waals surface area contributed by atoms with Gasteiger partial charge in [-0.05, 0) is 0 Å². The SMILES string of the molecule is CC1C(N)C(F)C(F)(C(=O)O)OC1[C@H](O)[C@H](O)CO. The first-order valence-electron chi connectivity index (χ1n) is 5.63. The number of ether oxygens (including phenoxy) is 1. The Hall–Kier alpha value is -0.870. The van der Waals surface area contributed by atoms with Crippen molar-refractivity contribution in [3.8, 4) is 0 Å². The molecule has 0 aromatic carbocycles. The standard InChI is InChI=1S/C10H17F2NO6/c1-3-5(13)8(11)10(12,9(17)18)19-7(3)6(16)4(15)2-14/h3-8,14-16H,2,13H2,1H3,(H,17,18)/t3?,4-,5?,6-,7?,8?,10?/m1/s1. The van der Waals surface area contributed by atoms with Gasteiger partial charge in [-0.1, -0.05) is 6.92 Å². The molecule has 0 aromatic rings. The van der Waals surface area contributed by atoms with Crippen LogP contribution in [0.4, 0.5) is 8.78 Å². The van der Waals surface area contributed by atoms with Crippen molar-refractivity contribution in [3.63, 3.8) is 0 Å². The van der Waals surface area contributed by atoms with E-state index in [0.29, 0.717) is 0 Å². The Balaban J connectivity index is 3.04. The van der Waals surface area contributed by atoms with Crippen molar-refractivity contribution in [2.75, 3.05) is 6.61 Å². The summed E-state index contributed by atoms with van der Waals surface area (Å²) in [5.74, 6) is -6.88. The first kappa shape index (κ1) is 16.2. The largest absolute Gasteiger partial charge is 0.477 e. The average Bonchev–Trinajstić information content (AvgIpc) is 2.38. The summed E-state index contributed by atoms with van der Waals surface area (Å²) in [4.78, 5) is 10.8. The third-order valence-electron chi connectivity index (χ3n) is 3.34. The van der Waals surface area contributed by atoms with Gasteiger partial charge in [0.25, 0.3) is 0 Å². The highest BCUT2D eigenvalue weighted by Gasteiger charge is 2.60. The van der Waals surface area contributed by atoms with Crippen molar-refractivity contribution in [3.05, 3.63) is 0 Å². The van der Waals surface area contributed by atoms with Gasteiger partial charge >= 0.3 is 11.8 Å². The number of alkyl halides is 2. The summed E-state index contributed by atoms with van der Waals surface area (Å²) in [5.41, 5.74) is 5.39. The van der Waals surface area contributed by atoms with Crippen LogP contribution in [-0.4, -0.2) is 69.4 Å². The highest BCUT2D eigenvalue weighted by atomic mass is 19.2. The van der Waals surface area contributed by atoms with E-state index in [0.717, 1.165) is 0 Å². The molecule has 7 nitrogen and oxygen atoms in total. The second-order valence-corrected chi connectivity index (χ2v) is 4.61. The molecule has 1 aliphatic rings. The lowest BCUT2D eigenvalue weighted by Crippen LogP contribution is -2.66. The zero-order chi connectivity index (χ0) is 15.0. The first-order valence-corrected chi connectivity index (χ1v) is 5.63. The number of aliphatic hydroxyl groups excluding tert-OH is 3. The fraction of sp³-hybridized carbons (Fsp3) is 0.900. The molecule has 0 aliphatic carbocycles. The van der Waals surface area contributed by atoms with E-state index in [1.54, 1.807) is 0 Å². The number of nitrogens with two attached hydrogens (primary N) is 1. The number of hydrogen-bond donors (Lipinski definition) is 5. The van der Waals surface area contributed by atoms with E-state index in [1.807, 2.05) is 0 Å². The zero-order valence-electron chi connectivity index (χ0n) is 10.1. The molecule has 1 fully saturated rings. The lowest BCUT2D eigenvalue weighted by atomic mass is 9.83. The van der Waals surface area contributed by atoms with Crippen LogP contribution in [0.25, 0.3) is 0 Å². The summed E-state index contributed by atoms with van der Waals surface area (Å²) in [6.07, 6.45) is -7.66. The van der Waals surface area contributed by atoms with Gasteiger partial charge in [0.05, 0.1) is 12.7 Å². The second kappa shape index (κ2) is 5.63. The molecular formula is C10H17F2NO6. The molecule has 0 saturated carbocycles. The molecule has 1 rings (SSSR count). The number of rotatable bonds is 4. The molecule has 0 aromatic heterocycles. The lowest BCUT2D eigenvalue weighted by molar-refractivity contribution is -0.282. The van der Waals surface area contributed by atoms with E-state index in [1.165, 1.54) is 6.92 Å². The van der Waals surface area contributed by atoms with Crippen molar-refractivity contribution in [1.29, 1.82) is 0 Å². The van der Waals surface area contributed by atoms with Crippen LogP contribution >= 0.6 is 0 Å². The minimum atomic E-state index is -3.70. The van der Waals surface area contributed by atoms with Crippen molar-refractivity contribution >= 4 is 5.97 Å². The number of carboxylic acid groups (broad SMARTS) is 1. The van der Waals surface area contributed by atoms with Crippen molar-refractivity contribution in [1.82, 2.24) is 0 Å². The molecule has 0 bridgehead atoms. The number of aliphatic carboxylic acids is 1. The number of carbonyl (C=O) groups is 1. The predicted octanol–water partition coefficient (Wildman–Crippen LogP) is -1.85. The molecule has 0 spiro atoms. The Bertz CT molecular complexity index is 342. The van der Waals surface area contributed by atoms with Crippen LogP contribution in [-0.2, 0) is 9.53 Å². The fourth-order valence-corrected chi connectivity index (χ4v) is 1.98. The highest BCUT2D eigenvalue weighted by molar-refractivity contribution is 5.76. The zero-order valence-corrected chi connectivity index (χ0v) is 10.1. The average molecular weight is 285 g/mol. The molecule has 0 radical (unpaired) electrons. The molecule has 5 unspecified atom stereocenters. The quantitative estimate of drug-likeness (QED) is 0.409. The third-order valence-corrected chi connectivity index (χ3v) is 3.34. The Morgan fingerprint density at radius 3 is 2.47 bits per heavy atom. The molecule has 1 saturated heterocycles. The van der Waals surface area contributed by atoms with Crippen LogP contribution in [0.1, 0.15) is 6.92 Å². The molecule has 1 aliphatic heterocycles. The van der Waals surface area contributed by atoms with Crippen molar-refractivity contribution in [2.45, 2.75) is 43.3 Å². The van der Waals surface area contributed by atoms with Crippen LogP contribution in [0.3, 0.4) is 0 Å². The Kier molecular flexibility index (Phi) is 4.80. The minimum Gasteiger partial charge on any atom is -0.477 e. The summed E-state index contributed by atoms with van der Waals surface area (Å²) in [6.45, 7) is 0.463. The van der Waals surface area contributed by atoms with E-state index in [-0.39, 0.29) is 0 Å². The third kappa shape index (κ3) is 2.70. The van der Waals surface area contributed by atoms with E-state index >= 15 is 0 Å². The van der Waals surface area contributed by atoms with Gasteiger partial charge in [0, 0.05) is 12.0 Å². The normalized spacial score (nSPS) is 42.7. The first-order chi connectivity index (χ1) is 8.66. The Morgan fingerprint density at radius 1 is 1.53 bits per heavy atom. The van der Waals surface area contributed by atoms with Crippen LogP contribution < -0.4 is 5.73 Å². The van der Waals surface area contributed by atoms with E-state index in [4.69, 9.17) is 15.9 Å². The summed E-state index contributed by atoms with van der Waals surface area (Å²) >= 11 is 0. The van der Waals surface area contributed by atoms with E-state index in [2.05, 4.69) is 4.74 Å². The Labute approximate surface area is 107 Å². The summed E-state index contributed by atoms with van der Waals surface area (Å²) in [6, 6.07) is -1.54. The van der Waals surface area contributed by atoms with E-state index in [9.17, 15) is 23.8 Å². The maximum Gasteiger partial charge on any atom is 0.372 e. The van der Waals surface area contributed by atoms with Gasteiger partial charge in [0.2, 0.25) is 0 Å². The number of hydrogen-bond acceptors (Lipinski definition) is 6. The molecule has 1 heterocycles. The summed E-state index contributed by atoms with van der Waals surface area (Å²) in [7, 11) is 0. The van der Waals surface area contributed by atoms with E-state index < -0.39 is 54.9 Å². The van der Waals surface area contributed by atoms with Crippen molar-refractivity contribution < 1.29 is 38.7 Å². The van der Waals surface area contributed by atoms with Gasteiger partial charge in [-0.3, -0.25) is 0 Å². The predicted molar refractivity (Wildman–Crippen MR) is 57.5 cm³/mol. The van der Waals surface area contributed by atoms with Gasteiger partial charge in [0.1, 0.15) is 12.2 Å². The minimum absolute atomic E-state index is 0.853. The molecular weight excluding hydrogens is 268 g/mol. The van der Waals surface area contributed by atoms with Crippen molar-refractivity contribution in [2.24, 2.45) is 11.7 Å². The Morgan fingerprint density at radius 2 is 2.05 bits per heavy atom. The molecule has 6 N–H and O–H groups in total.